The molecule has 19 heavy (non-hydrogen) atoms. The summed E-state index contributed by atoms with van der Waals surface area (Å²) >= 11 is 3.43. The fourth-order valence-corrected chi connectivity index (χ4v) is 2.95. The second kappa shape index (κ2) is 6.50. The standard InChI is InChI=1S/C14H19BrN2O2/c1-17-6-2-3-12(17)9-16-8-11-5-4-10(14(18)19)7-13(11)15/h4-5,7,12,16H,2-3,6,8-9H2,1H3,(H,18,19). The number of hydrogen-bond donors (Lipinski definition) is 2. The van der Waals surface area contributed by atoms with Crippen LogP contribution in [0.2, 0.25) is 0 Å². The van der Waals surface area contributed by atoms with E-state index >= 15 is 0 Å². The highest BCUT2D eigenvalue weighted by Gasteiger charge is 2.19. The van der Waals surface area contributed by atoms with Crippen molar-refractivity contribution in [2.75, 3.05) is 20.1 Å². The van der Waals surface area contributed by atoms with E-state index in [1.54, 1.807) is 12.1 Å². The summed E-state index contributed by atoms with van der Waals surface area (Å²) < 4.78 is 0.847. The SMILES string of the molecule is CN1CCCC1CNCc1ccc(C(=O)O)cc1Br. The first-order valence-electron chi connectivity index (χ1n) is 6.50. The fraction of sp³-hybridized carbons (Fsp3) is 0.500. The van der Waals surface area contributed by atoms with Crippen LogP contribution in [0.25, 0.3) is 0 Å². The molecule has 5 heteroatoms. The number of hydrogen-bond acceptors (Lipinski definition) is 3. The monoisotopic (exact) mass is 326 g/mol. The number of nitrogens with one attached hydrogen (secondary N) is 1. The van der Waals surface area contributed by atoms with Crippen LogP contribution in [0.15, 0.2) is 22.7 Å². The van der Waals surface area contributed by atoms with Crippen LogP contribution in [0.5, 0.6) is 0 Å². The molecule has 1 aromatic rings. The molecule has 2 N–H and O–H groups in total. The Bertz CT molecular complexity index is 465. The lowest BCUT2D eigenvalue weighted by Crippen LogP contribution is -2.35. The number of carboxylic acids is 1. The van der Waals surface area contributed by atoms with Gasteiger partial charge in [-0.1, -0.05) is 22.0 Å². The Kier molecular flexibility index (Phi) is 4.96. The molecule has 1 aliphatic rings. The van der Waals surface area contributed by atoms with Crippen LogP contribution in [0, 0.1) is 0 Å². The Morgan fingerprint density at radius 3 is 2.95 bits per heavy atom. The van der Waals surface area contributed by atoms with Crippen molar-refractivity contribution < 1.29 is 9.90 Å². The highest BCUT2D eigenvalue weighted by Crippen LogP contribution is 2.19. The molecule has 1 aromatic carbocycles. The highest BCUT2D eigenvalue weighted by molar-refractivity contribution is 9.10. The van der Waals surface area contributed by atoms with E-state index in [0.717, 1.165) is 23.1 Å². The molecule has 1 unspecified atom stereocenters. The van der Waals surface area contributed by atoms with E-state index in [1.165, 1.54) is 19.4 Å². The third-order valence-electron chi connectivity index (χ3n) is 3.67. The fourth-order valence-electron chi connectivity index (χ4n) is 2.43. The van der Waals surface area contributed by atoms with E-state index in [4.69, 9.17) is 5.11 Å². The maximum atomic E-state index is 10.8. The number of likely N-dealkylation sites (N-methyl/N-ethyl adjacent to an activating group) is 1. The first kappa shape index (κ1) is 14.5. The molecule has 1 atom stereocenters. The number of likely N-dealkylation sites (tertiary alicyclic amines) is 1. The van der Waals surface area contributed by atoms with E-state index in [1.807, 2.05) is 6.07 Å². The van der Waals surface area contributed by atoms with Gasteiger partial charge in [-0.25, -0.2) is 4.79 Å². The minimum absolute atomic E-state index is 0.311. The van der Waals surface area contributed by atoms with Gasteiger partial charge in [0, 0.05) is 23.6 Å². The van der Waals surface area contributed by atoms with Crippen LogP contribution in [-0.4, -0.2) is 42.2 Å². The molecule has 0 spiro atoms. The van der Waals surface area contributed by atoms with E-state index in [0.29, 0.717) is 11.6 Å². The van der Waals surface area contributed by atoms with Gasteiger partial charge in [0.05, 0.1) is 5.56 Å². The van der Waals surface area contributed by atoms with Gasteiger partial charge >= 0.3 is 5.97 Å². The maximum Gasteiger partial charge on any atom is 0.335 e. The molecule has 0 aromatic heterocycles. The number of rotatable bonds is 5. The first-order valence-corrected chi connectivity index (χ1v) is 7.30. The van der Waals surface area contributed by atoms with Crippen molar-refractivity contribution in [3.8, 4) is 0 Å². The molecular weight excluding hydrogens is 308 g/mol. The van der Waals surface area contributed by atoms with Gasteiger partial charge in [0.1, 0.15) is 0 Å². The maximum absolute atomic E-state index is 10.8. The second-order valence-corrected chi connectivity index (χ2v) is 5.87. The molecule has 1 fully saturated rings. The summed E-state index contributed by atoms with van der Waals surface area (Å²) in [5.41, 5.74) is 1.40. The van der Waals surface area contributed by atoms with E-state index in [2.05, 4.69) is 33.2 Å². The van der Waals surface area contributed by atoms with Crippen molar-refractivity contribution in [2.24, 2.45) is 0 Å². The first-order chi connectivity index (χ1) is 9.08. The molecule has 4 nitrogen and oxygen atoms in total. The van der Waals surface area contributed by atoms with Crippen LogP contribution in [0.1, 0.15) is 28.8 Å². The second-order valence-electron chi connectivity index (χ2n) is 5.02. The zero-order valence-corrected chi connectivity index (χ0v) is 12.6. The third-order valence-corrected chi connectivity index (χ3v) is 4.41. The predicted molar refractivity (Wildman–Crippen MR) is 78.5 cm³/mol. The summed E-state index contributed by atoms with van der Waals surface area (Å²) in [5.74, 6) is -0.896. The number of benzene rings is 1. The van der Waals surface area contributed by atoms with Crippen LogP contribution >= 0.6 is 15.9 Å². The highest BCUT2D eigenvalue weighted by atomic mass is 79.9. The molecule has 0 amide bonds. The summed E-state index contributed by atoms with van der Waals surface area (Å²) in [7, 11) is 2.16. The molecule has 0 bridgehead atoms. The Labute approximate surface area is 121 Å². The zero-order valence-electron chi connectivity index (χ0n) is 11.0. The van der Waals surface area contributed by atoms with Crippen LogP contribution < -0.4 is 5.32 Å². The van der Waals surface area contributed by atoms with Crippen LogP contribution in [0.4, 0.5) is 0 Å². The molecule has 0 aliphatic carbocycles. The Morgan fingerprint density at radius 1 is 1.58 bits per heavy atom. The number of aromatic carboxylic acids is 1. The summed E-state index contributed by atoms with van der Waals surface area (Å²) in [6.07, 6.45) is 2.53. The van der Waals surface area contributed by atoms with Crippen molar-refractivity contribution in [3.63, 3.8) is 0 Å². The predicted octanol–water partition coefficient (Wildman–Crippen LogP) is 2.33. The van der Waals surface area contributed by atoms with Gasteiger partial charge < -0.3 is 15.3 Å². The molecule has 1 aliphatic heterocycles. The van der Waals surface area contributed by atoms with Gasteiger partial charge in [0.2, 0.25) is 0 Å². The lowest BCUT2D eigenvalue weighted by molar-refractivity contribution is 0.0697. The van der Waals surface area contributed by atoms with Gasteiger partial charge in [0.25, 0.3) is 0 Å². The smallest absolute Gasteiger partial charge is 0.335 e. The van der Waals surface area contributed by atoms with Gasteiger partial charge in [-0.2, -0.15) is 0 Å². The molecule has 2 rings (SSSR count). The Hall–Kier alpha value is -0.910. The molecular formula is C14H19BrN2O2. The summed E-state index contributed by atoms with van der Waals surface area (Å²) in [4.78, 5) is 13.2. The van der Waals surface area contributed by atoms with Crippen molar-refractivity contribution in [3.05, 3.63) is 33.8 Å². The molecule has 0 radical (unpaired) electrons. The van der Waals surface area contributed by atoms with Crippen molar-refractivity contribution in [1.29, 1.82) is 0 Å². The molecule has 1 heterocycles. The summed E-state index contributed by atoms with van der Waals surface area (Å²) in [6, 6.07) is 5.78. The number of carboxylic acid groups (broad SMARTS) is 1. The van der Waals surface area contributed by atoms with Crippen molar-refractivity contribution in [1.82, 2.24) is 10.2 Å². The van der Waals surface area contributed by atoms with E-state index < -0.39 is 5.97 Å². The summed E-state index contributed by atoms with van der Waals surface area (Å²) in [6.45, 7) is 2.91. The lowest BCUT2D eigenvalue weighted by Gasteiger charge is -2.20. The summed E-state index contributed by atoms with van der Waals surface area (Å²) in [5, 5.41) is 12.4. The van der Waals surface area contributed by atoms with Gasteiger partial charge in [-0.3, -0.25) is 0 Å². The normalized spacial score (nSPS) is 19.8. The Balaban J connectivity index is 1.87. The molecule has 1 saturated heterocycles. The van der Waals surface area contributed by atoms with Crippen LogP contribution in [-0.2, 0) is 6.54 Å². The largest absolute Gasteiger partial charge is 0.478 e. The van der Waals surface area contributed by atoms with Crippen molar-refractivity contribution >= 4 is 21.9 Å². The van der Waals surface area contributed by atoms with E-state index in [9.17, 15) is 4.79 Å². The average molecular weight is 327 g/mol. The van der Waals surface area contributed by atoms with E-state index in [-0.39, 0.29) is 0 Å². The molecule has 104 valence electrons. The minimum atomic E-state index is -0.896. The number of carbonyl (C=O) groups is 1. The number of halogens is 1. The van der Waals surface area contributed by atoms with Gasteiger partial charge in [-0.15, -0.1) is 0 Å². The van der Waals surface area contributed by atoms with Crippen LogP contribution in [0.3, 0.4) is 0 Å². The number of nitrogens with zero attached hydrogens (tertiary/aromatic N) is 1. The average Bonchev–Trinajstić information content (AvgIpc) is 2.77. The minimum Gasteiger partial charge on any atom is -0.478 e. The zero-order chi connectivity index (χ0) is 13.8. The lowest BCUT2D eigenvalue weighted by atomic mass is 10.1. The topological polar surface area (TPSA) is 52.6 Å². The third kappa shape index (κ3) is 3.78. The van der Waals surface area contributed by atoms with Gasteiger partial charge in [-0.05, 0) is 44.1 Å². The van der Waals surface area contributed by atoms with Gasteiger partial charge in [0.15, 0.2) is 0 Å². The van der Waals surface area contributed by atoms with Crippen molar-refractivity contribution in [2.45, 2.75) is 25.4 Å². The Morgan fingerprint density at radius 2 is 2.37 bits per heavy atom. The molecule has 0 saturated carbocycles. The quantitative estimate of drug-likeness (QED) is 0.872.